The summed E-state index contributed by atoms with van der Waals surface area (Å²) >= 11 is 0. The standard InChI is InChI=1S/C15H21N3O7/c1-3-4-6-25-15(22)18-5-7-24-8-9(18)12-16-10(14(21)23-2)11(19)13(20)17-12/h9,19H,3-8H2,1-2H3,(H,16,17,20). The van der Waals surface area contributed by atoms with Crippen molar-refractivity contribution in [1.29, 1.82) is 0 Å². The number of amides is 1. The molecule has 0 aliphatic carbocycles. The molecule has 1 aromatic rings. The van der Waals surface area contributed by atoms with Crippen molar-refractivity contribution in [3.63, 3.8) is 0 Å². The number of methoxy groups -OCH3 is 1. The largest absolute Gasteiger partial charge is 0.501 e. The molecule has 0 radical (unpaired) electrons. The Bertz CT molecular complexity index is 688. The van der Waals surface area contributed by atoms with Gasteiger partial charge in [-0.15, -0.1) is 0 Å². The highest BCUT2D eigenvalue weighted by molar-refractivity contribution is 5.89. The molecule has 10 nitrogen and oxygen atoms in total. The number of carbonyl (C=O) groups is 2. The number of morpholine rings is 1. The number of aromatic nitrogens is 2. The number of esters is 1. The smallest absolute Gasteiger partial charge is 0.410 e. The molecular weight excluding hydrogens is 334 g/mol. The summed E-state index contributed by atoms with van der Waals surface area (Å²) in [5, 5.41) is 9.70. The van der Waals surface area contributed by atoms with Gasteiger partial charge in [0.25, 0.3) is 5.56 Å². The summed E-state index contributed by atoms with van der Waals surface area (Å²) in [6.45, 7) is 2.88. The lowest BCUT2D eigenvalue weighted by Crippen LogP contribution is -2.45. The molecule has 1 amide bonds. The molecule has 2 rings (SSSR count). The molecule has 1 aliphatic heterocycles. The first-order chi connectivity index (χ1) is 12.0. The molecule has 1 unspecified atom stereocenters. The number of rotatable bonds is 5. The molecule has 1 aliphatic rings. The minimum atomic E-state index is -0.960. The molecule has 10 heteroatoms. The van der Waals surface area contributed by atoms with Crippen LogP contribution in [0.3, 0.4) is 0 Å². The number of hydrogen-bond donors (Lipinski definition) is 2. The summed E-state index contributed by atoms with van der Waals surface area (Å²) in [5.74, 6) is -1.79. The van der Waals surface area contributed by atoms with Crippen LogP contribution in [0.4, 0.5) is 4.79 Å². The van der Waals surface area contributed by atoms with E-state index in [1.807, 2.05) is 6.92 Å². The maximum Gasteiger partial charge on any atom is 0.410 e. The predicted octanol–water partition coefficient (Wildman–Crippen LogP) is 0.572. The van der Waals surface area contributed by atoms with E-state index in [0.717, 1.165) is 20.0 Å². The zero-order valence-corrected chi connectivity index (χ0v) is 14.1. The lowest BCUT2D eigenvalue weighted by molar-refractivity contribution is -0.0129. The molecule has 138 valence electrons. The number of aromatic hydroxyl groups is 1. The Morgan fingerprint density at radius 3 is 2.92 bits per heavy atom. The topological polar surface area (TPSA) is 131 Å². The van der Waals surface area contributed by atoms with E-state index in [1.165, 1.54) is 4.90 Å². The Labute approximate surface area is 143 Å². The van der Waals surface area contributed by atoms with Crippen LogP contribution < -0.4 is 5.56 Å². The molecule has 0 saturated carbocycles. The molecule has 2 heterocycles. The van der Waals surface area contributed by atoms with Gasteiger partial charge in [0.15, 0.2) is 5.69 Å². The van der Waals surface area contributed by atoms with Crippen molar-refractivity contribution >= 4 is 12.1 Å². The zero-order valence-electron chi connectivity index (χ0n) is 14.1. The minimum Gasteiger partial charge on any atom is -0.501 e. The Morgan fingerprint density at radius 2 is 2.24 bits per heavy atom. The molecule has 25 heavy (non-hydrogen) atoms. The van der Waals surface area contributed by atoms with Gasteiger partial charge in [-0.3, -0.25) is 9.69 Å². The Hall–Kier alpha value is -2.62. The SMILES string of the molecule is CCCCOC(=O)N1CCOCC1c1nc(C(=O)OC)c(O)c(=O)[nH]1. The lowest BCUT2D eigenvalue weighted by Gasteiger charge is -2.34. The van der Waals surface area contributed by atoms with Crippen LogP contribution in [0.15, 0.2) is 4.79 Å². The van der Waals surface area contributed by atoms with Gasteiger partial charge in [0.05, 0.1) is 26.9 Å². The molecule has 1 atom stereocenters. The quantitative estimate of drug-likeness (QED) is 0.579. The number of unbranched alkanes of at least 4 members (excludes halogenated alkanes) is 1. The van der Waals surface area contributed by atoms with Gasteiger partial charge < -0.3 is 24.3 Å². The number of aromatic amines is 1. The molecule has 0 bridgehead atoms. The van der Waals surface area contributed by atoms with E-state index in [1.54, 1.807) is 0 Å². The van der Waals surface area contributed by atoms with Gasteiger partial charge in [0, 0.05) is 6.54 Å². The minimum absolute atomic E-state index is 0.00958. The number of carbonyl (C=O) groups excluding carboxylic acids is 2. The highest BCUT2D eigenvalue weighted by Gasteiger charge is 2.33. The first-order valence-corrected chi connectivity index (χ1v) is 7.92. The predicted molar refractivity (Wildman–Crippen MR) is 84.4 cm³/mol. The second-order valence-corrected chi connectivity index (χ2v) is 5.39. The monoisotopic (exact) mass is 355 g/mol. The van der Waals surface area contributed by atoms with Gasteiger partial charge in [-0.1, -0.05) is 13.3 Å². The van der Waals surface area contributed by atoms with Crippen molar-refractivity contribution in [1.82, 2.24) is 14.9 Å². The Kier molecular flexibility index (Phi) is 6.34. The lowest BCUT2D eigenvalue weighted by atomic mass is 10.2. The third-order valence-electron chi connectivity index (χ3n) is 3.69. The van der Waals surface area contributed by atoms with E-state index >= 15 is 0 Å². The molecule has 1 aromatic heterocycles. The fraction of sp³-hybridized carbons (Fsp3) is 0.600. The number of nitrogens with zero attached hydrogens (tertiary/aromatic N) is 2. The van der Waals surface area contributed by atoms with Crippen LogP contribution in [0.5, 0.6) is 5.75 Å². The van der Waals surface area contributed by atoms with Crippen LogP contribution in [0.2, 0.25) is 0 Å². The van der Waals surface area contributed by atoms with Crippen LogP contribution >= 0.6 is 0 Å². The average Bonchev–Trinajstić information content (AvgIpc) is 2.63. The van der Waals surface area contributed by atoms with E-state index in [0.29, 0.717) is 6.61 Å². The molecule has 1 saturated heterocycles. The number of H-pyrrole nitrogens is 1. The normalized spacial score (nSPS) is 17.2. The summed E-state index contributed by atoms with van der Waals surface area (Å²) in [7, 11) is 1.10. The maximum absolute atomic E-state index is 12.3. The van der Waals surface area contributed by atoms with E-state index in [-0.39, 0.29) is 25.6 Å². The van der Waals surface area contributed by atoms with Gasteiger partial charge in [0.2, 0.25) is 5.75 Å². The summed E-state index contributed by atoms with van der Waals surface area (Å²) in [5.41, 5.74) is -1.43. The number of hydrogen-bond acceptors (Lipinski definition) is 8. The van der Waals surface area contributed by atoms with Crippen LogP contribution in [0.25, 0.3) is 0 Å². The van der Waals surface area contributed by atoms with Gasteiger partial charge in [0.1, 0.15) is 11.9 Å². The Morgan fingerprint density at radius 1 is 1.48 bits per heavy atom. The number of ether oxygens (including phenoxy) is 3. The zero-order chi connectivity index (χ0) is 18.4. The van der Waals surface area contributed by atoms with Gasteiger partial charge in [-0.2, -0.15) is 0 Å². The maximum atomic E-state index is 12.3. The first-order valence-electron chi connectivity index (χ1n) is 7.92. The second kappa shape index (κ2) is 8.47. The van der Waals surface area contributed by atoms with Crippen LogP contribution in [0.1, 0.15) is 42.1 Å². The van der Waals surface area contributed by atoms with Crippen molar-refractivity contribution < 1.29 is 28.9 Å². The van der Waals surface area contributed by atoms with E-state index in [2.05, 4.69) is 14.7 Å². The van der Waals surface area contributed by atoms with E-state index in [4.69, 9.17) is 9.47 Å². The molecular formula is C15H21N3O7. The summed E-state index contributed by atoms with van der Waals surface area (Å²) in [6, 6.07) is -0.750. The van der Waals surface area contributed by atoms with E-state index in [9.17, 15) is 19.5 Å². The summed E-state index contributed by atoms with van der Waals surface area (Å²) in [6.07, 6.45) is 1.06. The van der Waals surface area contributed by atoms with Crippen LogP contribution in [-0.4, -0.2) is 65.5 Å². The second-order valence-electron chi connectivity index (χ2n) is 5.39. The third kappa shape index (κ3) is 4.27. The fourth-order valence-electron chi connectivity index (χ4n) is 2.32. The Balaban J connectivity index is 2.30. The summed E-state index contributed by atoms with van der Waals surface area (Å²) < 4.78 is 15.0. The first kappa shape index (κ1) is 18.7. The van der Waals surface area contributed by atoms with Crippen molar-refractivity contribution in [3.05, 3.63) is 21.9 Å². The average molecular weight is 355 g/mol. The number of nitrogens with one attached hydrogen (secondary N) is 1. The van der Waals surface area contributed by atoms with Gasteiger partial charge in [-0.25, -0.2) is 14.6 Å². The summed E-state index contributed by atoms with van der Waals surface area (Å²) in [4.78, 5) is 43.5. The van der Waals surface area contributed by atoms with Crippen molar-refractivity contribution in [3.8, 4) is 5.75 Å². The van der Waals surface area contributed by atoms with Crippen molar-refractivity contribution in [2.75, 3.05) is 33.5 Å². The van der Waals surface area contributed by atoms with Crippen LogP contribution in [0, 0.1) is 0 Å². The van der Waals surface area contributed by atoms with Crippen molar-refractivity contribution in [2.24, 2.45) is 0 Å². The van der Waals surface area contributed by atoms with Crippen molar-refractivity contribution in [2.45, 2.75) is 25.8 Å². The van der Waals surface area contributed by atoms with Gasteiger partial charge >= 0.3 is 12.1 Å². The molecule has 1 fully saturated rings. The fourth-order valence-corrected chi connectivity index (χ4v) is 2.32. The van der Waals surface area contributed by atoms with E-state index < -0.39 is 35.1 Å². The third-order valence-corrected chi connectivity index (χ3v) is 3.69. The molecule has 0 spiro atoms. The van der Waals surface area contributed by atoms with Gasteiger partial charge in [-0.05, 0) is 6.42 Å². The molecule has 2 N–H and O–H groups in total. The highest BCUT2D eigenvalue weighted by Crippen LogP contribution is 2.23. The highest BCUT2D eigenvalue weighted by atomic mass is 16.6. The van der Waals surface area contributed by atoms with Crippen LogP contribution in [-0.2, 0) is 14.2 Å². The molecule has 0 aromatic carbocycles.